The number of hydrogen-bond donors (Lipinski definition) is 0. The minimum atomic E-state index is -0.979. The molecule has 0 aliphatic carbocycles. The number of nitro benzene ring substituents is 1. The van der Waals surface area contributed by atoms with Crippen molar-refractivity contribution < 1.29 is 19.2 Å². The van der Waals surface area contributed by atoms with Crippen LogP contribution in [0.5, 0.6) is 0 Å². The van der Waals surface area contributed by atoms with Gasteiger partial charge in [0.05, 0.1) is 16.4 Å². The van der Waals surface area contributed by atoms with Crippen molar-refractivity contribution in [3.63, 3.8) is 0 Å². The van der Waals surface area contributed by atoms with Crippen molar-refractivity contribution in [3.8, 4) is 0 Å². The van der Waals surface area contributed by atoms with E-state index in [2.05, 4.69) is 0 Å². The van der Waals surface area contributed by atoms with E-state index in [1.807, 2.05) is 13.0 Å². The zero-order valence-corrected chi connectivity index (χ0v) is 17.7. The van der Waals surface area contributed by atoms with Gasteiger partial charge in [0.2, 0.25) is 0 Å². The van der Waals surface area contributed by atoms with Crippen molar-refractivity contribution >= 4 is 51.9 Å². The van der Waals surface area contributed by atoms with Crippen LogP contribution < -0.4 is 0 Å². The first kappa shape index (κ1) is 21.7. The summed E-state index contributed by atoms with van der Waals surface area (Å²) in [6.07, 6.45) is 2.26. The molecule has 30 heavy (non-hydrogen) atoms. The van der Waals surface area contributed by atoms with Crippen molar-refractivity contribution in [2.24, 2.45) is 0 Å². The zero-order valence-electron chi connectivity index (χ0n) is 16.0. The Kier molecular flexibility index (Phi) is 6.96. The summed E-state index contributed by atoms with van der Waals surface area (Å²) in [5.41, 5.74) is 1.18. The molecule has 7 nitrogen and oxygen atoms in total. The fourth-order valence-corrected chi connectivity index (χ4v) is 4.17. The van der Waals surface area contributed by atoms with Crippen LogP contribution in [0, 0.1) is 10.1 Å². The first-order chi connectivity index (χ1) is 14.4. The molecule has 1 aliphatic heterocycles. The van der Waals surface area contributed by atoms with Gasteiger partial charge in [0.15, 0.2) is 6.04 Å². The Morgan fingerprint density at radius 3 is 2.50 bits per heavy atom. The third-order valence-electron chi connectivity index (χ3n) is 4.27. The molecule has 1 unspecified atom stereocenters. The maximum Gasteiger partial charge on any atom is 0.333 e. The molecular formula is C21H18N2O5S2. The number of carbonyl (C=O) groups excluding carboxylic acids is 2. The Morgan fingerprint density at radius 2 is 1.90 bits per heavy atom. The predicted molar refractivity (Wildman–Crippen MR) is 119 cm³/mol. The van der Waals surface area contributed by atoms with E-state index in [-0.39, 0.29) is 16.6 Å². The molecule has 0 bridgehead atoms. The number of esters is 1. The molecule has 1 heterocycles. The first-order valence-electron chi connectivity index (χ1n) is 9.15. The van der Waals surface area contributed by atoms with Crippen LogP contribution in [0.15, 0.2) is 59.5 Å². The van der Waals surface area contributed by atoms with Gasteiger partial charge in [-0.1, -0.05) is 61.2 Å². The lowest BCUT2D eigenvalue weighted by Crippen LogP contribution is -2.38. The summed E-state index contributed by atoms with van der Waals surface area (Å²) in [5, 5.41) is 10.8. The predicted octanol–water partition coefficient (Wildman–Crippen LogP) is 4.49. The average molecular weight is 443 g/mol. The molecule has 1 amide bonds. The largest absolute Gasteiger partial charge is 0.464 e. The molecule has 154 valence electrons. The van der Waals surface area contributed by atoms with Crippen molar-refractivity contribution in [2.45, 2.75) is 19.4 Å². The van der Waals surface area contributed by atoms with Crippen molar-refractivity contribution in [3.05, 3.63) is 80.7 Å². The first-order valence-corrected chi connectivity index (χ1v) is 10.4. The lowest BCUT2D eigenvalue weighted by molar-refractivity contribution is -0.384. The van der Waals surface area contributed by atoms with Gasteiger partial charge in [0.1, 0.15) is 4.32 Å². The highest BCUT2D eigenvalue weighted by molar-refractivity contribution is 8.26. The normalized spacial score (nSPS) is 16.0. The number of thiocarbonyl (C=S) groups is 1. The quantitative estimate of drug-likeness (QED) is 0.205. The summed E-state index contributed by atoms with van der Waals surface area (Å²) in [6, 6.07) is 13.7. The number of hydrogen-bond acceptors (Lipinski definition) is 7. The van der Waals surface area contributed by atoms with Gasteiger partial charge in [-0.15, -0.1) is 0 Å². The molecule has 0 spiro atoms. The second kappa shape index (κ2) is 9.64. The van der Waals surface area contributed by atoms with Gasteiger partial charge < -0.3 is 4.74 Å². The summed E-state index contributed by atoms with van der Waals surface area (Å²) >= 11 is 6.48. The van der Waals surface area contributed by atoms with E-state index in [9.17, 15) is 19.7 Å². The van der Waals surface area contributed by atoms with Crippen LogP contribution in [0.25, 0.3) is 6.08 Å². The molecule has 0 radical (unpaired) electrons. The Bertz CT molecular complexity index is 1010. The molecule has 0 saturated carbocycles. The molecule has 1 saturated heterocycles. The van der Waals surface area contributed by atoms with Gasteiger partial charge in [0, 0.05) is 12.1 Å². The number of nitrogens with zero attached hydrogens (tertiary/aromatic N) is 2. The number of nitro groups is 1. The van der Waals surface area contributed by atoms with E-state index in [0.717, 1.165) is 11.8 Å². The maximum atomic E-state index is 13.1. The third-order valence-corrected chi connectivity index (χ3v) is 5.60. The van der Waals surface area contributed by atoms with Gasteiger partial charge in [-0.3, -0.25) is 19.8 Å². The van der Waals surface area contributed by atoms with E-state index in [0.29, 0.717) is 22.5 Å². The average Bonchev–Trinajstić information content (AvgIpc) is 3.01. The number of thioether (sulfide) groups is 1. The second-order valence-electron chi connectivity index (χ2n) is 6.38. The van der Waals surface area contributed by atoms with Crippen molar-refractivity contribution in [2.75, 3.05) is 6.61 Å². The lowest BCUT2D eigenvalue weighted by atomic mass is 10.1. The van der Waals surface area contributed by atoms with Crippen LogP contribution in [-0.2, 0) is 14.3 Å². The number of benzene rings is 2. The molecular weight excluding hydrogens is 424 g/mol. The molecule has 0 aromatic heterocycles. The van der Waals surface area contributed by atoms with Crippen molar-refractivity contribution in [1.29, 1.82) is 0 Å². The molecule has 3 rings (SSSR count). The highest BCUT2D eigenvalue weighted by Crippen LogP contribution is 2.38. The third kappa shape index (κ3) is 4.74. The summed E-state index contributed by atoms with van der Waals surface area (Å²) in [6.45, 7) is 2.13. The van der Waals surface area contributed by atoms with Crippen LogP contribution in [0.1, 0.15) is 30.5 Å². The highest BCUT2D eigenvalue weighted by Gasteiger charge is 2.42. The monoisotopic (exact) mass is 442 g/mol. The fraction of sp³-hybridized carbons (Fsp3) is 0.190. The SMILES string of the molecule is CCCOC(=O)C(c1ccccc1)N1C(=O)/C(=C/c2ccc([N+](=O)[O-])cc2)SC1=S. The van der Waals surface area contributed by atoms with Gasteiger partial charge in [-0.25, -0.2) is 4.79 Å². The summed E-state index contributed by atoms with van der Waals surface area (Å²) in [5.74, 6) is -0.957. The number of amides is 1. The highest BCUT2D eigenvalue weighted by atomic mass is 32.2. The topological polar surface area (TPSA) is 89.8 Å². The van der Waals surface area contributed by atoms with E-state index in [1.54, 1.807) is 42.5 Å². The van der Waals surface area contributed by atoms with Gasteiger partial charge >= 0.3 is 5.97 Å². The summed E-state index contributed by atoms with van der Waals surface area (Å²) in [4.78, 5) is 37.8. The van der Waals surface area contributed by atoms with Gasteiger partial charge in [0.25, 0.3) is 11.6 Å². The van der Waals surface area contributed by atoms with Gasteiger partial charge in [-0.05, 0) is 35.8 Å². The van der Waals surface area contributed by atoms with Crippen LogP contribution in [0.2, 0.25) is 0 Å². The molecule has 2 aromatic rings. The standard InChI is InChI=1S/C21H18N2O5S2/c1-2-12-28-20(25)18(15-6-4-3-5-7-15)22-19(24)17(30-21(22)29)13-14-8-10-16(11-9-14)23(26)27/h3-11,13,18H,2,12H2,1H3/b17-13-. The number of rotatable bonds is 7. The smallest absolute Gasteiger partial charge is 0.333 e. The minimum absolute atomic E-state index is 0.0393. The minimum Gasteiger partial charge on any atom is -0.464 e. The Hall–Kier alpha value is -3.04. The maximum absolute atomic E-state index is 13.1. The van der Waals surface area contributed by atoms with Gasteiger partial charge in [-0.2, -0.15) is 0 Å². The lowest BCUT2D eigenvalue weighted by Gasteiger charge is -2.25. The number of carbonyl (C=O) groups is 2. The Morgan fingerprint density at radius 1 is 1.23 bits per heavy atom. The van der Waals surface area contributed by atoms with Crippen LogP contribution >= 0.6 is 24.0 Å². The second-order valence-corrected chi connectivity index (χ2v) is 8.06. The summed E-state index contributed by atoms with van der Waals surface area (Å²) in [7, 11) is 0. The van der Waals surface area contributed by atoms with Crippen LogP contribution in [0.4, 0.5) is 5.69 Å². The fourth-order valence-electron chi connectivity index (χ4n) is 2.85. The summed E-state index contributed by atoms with van der Waals surface area (Å²) < 4.78 is 5.57. The number of ether oxygens (including phenoxy) is 1. The Labute approximate surface area is 182 Å². The van der Waals surface area contributed by atoms with E-state index in [4.69, 9.17) is 17.0 Å². The zero-order chi connectivity index (χ0) is 21.7. The van der Waals surface area contributed by atoms with E-state index < -0.39 is 22.8 Å². The number of non-ortho nitro benzene ring substituents is 1. The Balaban J connectivity index is 1.92. The molecule has 1 aliphatic rings. The molecule has 9 heteroatoms. The van der Waals surface area contributed by atoms with Crippen LogP contribution in [0.3, 0.4) is 0 Å². The van der Waals surface area contributed by atoms with E-state index in [1.165, 1.54) is 17.0 Å². The molecule has 1 atom stereocenters. The van der Waals surface area contributed by atoms with E-state index >= 15 is 0 Å². The van der Waals surface area contributed by atoms with Crippen molar-refractivity contribution in [1.82, 2.24) is 4.90 Å². The molecule has 1 fully saturated rings. The molecule has 2 aromatic carbocycles. The molecule has 0 N–H and O–H groups in total. The van der Waals surface area contributed by atoms with Crippen LogP contribution in [-0.4, -0.2) is 32.6 Å².